The first-order chi connectivity index (χ1) is 9.72. The van der Waals surface area contributed by atoms with Crippen molar-refractivity contribution in [1.82, 2.24) is 10.3 Å². The van der Waals surface area contributed by atoms with Gasteiger partial charge in [-0.2, -0.15) is 0 Å². The average Bonchev–Trinajstić information content (AvgIpc) is 2.86. The van der Waals surface area contributed by atoms with Gasteiger partial charge in [0.25, 0.3) is 0 Å². The molecule has 0 saturated heterocycles. The molecule has 0 spiro atoms. The fourth-order valence-electron chi connectivity index (χ4n) is 1.91. The lowest BCUT2D eigenvalue weighted by molar-refractivity contribution is 0.298. The first kappa shape index (κ1) is 15.3. The Bertz CT molecular complexity index is 557. The van der Waals surface area contributed by atoms with E-state index in [9.17, 15) is 0 Å². The average molecular weight is 311 g/mol. The lowest BCUT2D eigenvalue weighted by atomic mass is 10.2. The number of nitrogens with zero attached hydrogens (tertiary/aromatic N) is 1. The highest BCUT2D eigenvalue weighted by molar-refractivity contribution is 7.09. The molecule has 0 fully saturated rings. The van der Waals surface area contributed by atoms with Gasteiger partial charge in [-0.3, -0.25) is 0 Å². The molecule has 0 aliphatic rings. The van der Waals surface area contributed by atoms with Crippen molar-refractivity contribution in [3.8, 4) is 5.75 Å². The Balaban J connectivity index is 2.02. The smallest absolute Gasteiger partial charge is 0.131 e. The van der Waals surface area contributed by atoms with Crippen LogP contribution in [0.3, 0.4) is 0 Å². The first-order valence-electron chi connectivity index (χ1n) is 6.72. The third kappa shape index (κ3) is 4.20. The van der Waals surface area contributed by atoms with E-state index >= 15 is 0 Å². The molecule has 1 heterocycles. The molecule has 2 rings (SSSR count). The number of aryl methyl sites for hydroxylation is 1. The van der Waals surface area contributed by atoms with Crippen molar-refractivity contribution in [3.63, 3.8) is 0 Å². The van der Waals surface area contributed by atoms with Crippen LogP contribution in [-0.4, -0.2) is 12.0 Å². The Morgan fingerprint density at radius 1 is 1.40 bits per heavy atom. The van der Waals surface area contributed by atoms with E-state index in [1.807, 2.05) is 25.2 Å². The summed E-state index contributed by atoms with van der Waals surface area (Å²) in [5.41, 5.74) is 2.05. The SMILES string of the molecule is CCCc1nc(COc2ccc(Cl)cc2CNC)cs1. The van der Waals surface area contributed by atoms with E-state index in [1.165, 1.54) is 5.01 Å². The van der Waals surface area contributed by atoms with E-state index in [2.05, 4.69) is 22.6 Å². The summed E-state index contributed by atoms with van der Waals surface area (Å²) in [6.45, 7) is 3.39. The Morgan fingerprint density at radius 2 is 2.25 bits per heavy atom. The highest BCUT2D eigenvalue weighted by atomic mass is 35.5. The van der Waals surface area contributed by atoms with Crippen LogP contribution in [0.1, 0.15) is 29.6 Å². The lowest BCUT2D eigenvalue weighted by Crippen LogP contribution is -2.07. The van der Waals surface area contributed by atoms with E-state index in [0.29, 0.717) is 6.61 Å². The topological polar surface area (TPSA) is 34.1 Å². The summed E-state index contributed by atoms with van der Waals surface area (Å²) in [4.78, 5) is 4.56. The summed E-state index contributed by atoms with van der Waals surface area (Å²) >= 11 is 7.72. The fourth-order valence-corrected chi connectivity index (χ4v) is 2.99. The number of thiazole rings is 1. The van der Waals surface area contributed by atoms with Gasteiger partial charge in [0.05, 0.1) is 10.7 Å². The first-order valence-corrected chi connectivity index (χ1v) is 7.97. The normalized spacial score (nSPS) is 10.8. The number of ether oxygens (including phenoxy) is 1. The molecule has 0 aliphatic carbocycles. The highest BCUT2D eigenvalue weighted by Crippen LogP contribution is 2.24. The maximum atomic E-state index is 6.01. The van der Waals surface area contributed by atoms with Gasteiger partial charge in [-0.05, 0) is 38.1 Å². The van der Waals surface area contributed by atoms with Gasteiger partial charge in [0, 0.05) is 22.5 Å². The van der Waals surface area contributed by atoms with Crippen LogP contribution in [0.5, 0.6) is 5.75 Å². The molecule has 0 bridgehead atoms. The van der Waals surface area contributed by atoms with Crippen molar-refractivity contribution in [2.24, 2.45) is 0 Å². The third-order valence-electron chi connectivity index (χ3n) is 2.83. The van der Waals surface area contributed by atoms with Crippen LogP contribution in [-0.2, 0) is 19.6 Å². The van der Waals surface area contributed by atoms with Gasteiger partial charge >= 0.3 is 0 Å². The van der Waals surface area contributed by atoms with Crippen LogP contribution in [0.2, 0.25) is 5.02 Å². The van der Waals surface area contributed by atoms with Crippen LogP contribution < -0.4 is 10.1 Å². The minimum atomic E-state index is 0.499. The molecule has 108 valence electrons. The maximum Gasteiger partial charge on any atom is 0.131 e. The summed E-state index contributed by atoms with van der Waals surface area (Å²) in [5.74, 6) is 0.855. The van der Waals surface area contributed by atoms with Crippen LogP contribution in [0.25, 0.3) is 0 Å². The molecule has 2 aromatic rings. The van der Waals surface area contributed by atoms with Crippen LogP contribution in [0.4, 0.5) is 0 Å². The molecule has 1 aromatic carbocycles. The number of nitrogens with one attached hydrogen (secondary N) is 1. The summed E-state index contributed by atoms with van der Waals surface area (Å²) in [5, 5.41) is 7.09. The molecule has 5 heteroatoms. The number of benzene rings is 1. The quantitative estimate of drug-likeness (QED) is 0.838. The summed E-state index contributed by atoms with van der Waals surface area (Å²) in [6.07, 6.45) is 2.16. The van der Waals surface area contributed by atoms with Gasteiger partial charge < -0.3 is 10.1 Å². The second kappa shape index (κ2) is 7.62. The Morgan fingerprint density at radius 3 is 3.00 bits per heavy atom. The number of hydrogen-bond acceptors (Lipinski definition) is 4. The zero-order chi connectivity index (χ0) is 14.4. The van der Waals surface area contributed by atoms with Gasteiger partial charge in [-0.15, -0.1) is 11.3 Å². The van der Waals surface area contributed by atoms with Crippen LogP contribution in [0.15, 0.2) is 23.6 Å². The predicted molar refractivity (Wildman–Crippen MR) is 84.7 cm³/mol. The largest absolute Gasteiger partial charge is 0.487 e. The van der Waals surface area contributed by atoms with Gasteiger partial charge in [-0.25, -0.2) is 4.98 Å². The van der Waals surface area contributed by atoms with Gasteiger partial charge in [0.1, 0.15) is 12.4 Å². The van der Waals surface area contributed by atoms with Crippen LogP contribution in [0, 0.1) is 0 Å². The molecule has 0 atom stereocenters. The summed E-state index contributed by atoms with van der Waals surface area (Å²) < 4.78 is 5.87. The van der Waals surface area contributed by atoms with Crippen molar-refractivity contribution < 1.29 is 4.74 Å². The third-order valence-corrected chi connectivity index (χ3v) is 4.02. The summed E-state index contributed by atoms with van der Waals surface area (Å²) in [6, 6.07) is 5.69. The molecule has 1 N–H and O–H groups in total. The number of aromatic nitrogens is 1. The molecule has 1 aromatic heterocycles. The maximum absolute atomic E-state index is 6.01. The molecule has 0 amide bonds. The second-order valence-electron chi connectivity index (χ2n) is 4.55. The second-order valence-corrected chi connectivity index (χ2v) is 5.93. The van der Waals surface area contributed by atoms with Crippen molar-refractivity contribution in [2.45, 2.75) is 32.9 Å². The predicted octanol–water partition coefficient (Wildman–Crippen LogP) is 4.05. The molecule has 3 nitrogen and oxygen atoms in total. The lowest BCUT2D eigenvalue weighted by Gasteiger charge is -2.10. The number of hydrogen-bond donors (Lipinski definition) is 1. The summed E-state index contributed by atoms with van der Waals surface area (Å²) in [7, 11) is 1.90. The molecule has 0 aliphatic heterocycles. The minimum Gasteiger partial charge on any atom is -0.487 e. The van der Waals surface area contributed by atoms with Crippen molar-refractivity contribution in [2.75, 3.05) is 7.05 Å². The zero-order valence-electron chi connectivity index (χ0n) is 11.8. The van der Waals surface area contributed by atoms with Crippen molar-refractivity contribution >= 4 is 22.9 Å². The Labute approximate surface area is 129 Å². The number of halogens is 1. The van der Waals surface area contributed by atoms with Gasteiger partial charge in [0.2, 0.25) is 0 Å². The van der Waals surface area contributed by atoms with Crippen molar-refractivity contribution in [3.05, 3.63) is 44.9 Å². The van der Waals surface area contributed by atoms with Crippen LogP contribution >= 0.6 is 22.9 Å². The van der Waals surface area contributed by atoms with E-state index in [1.54, 1.807) is 11.3 Å². The monoisotopic (exact) mass is 310 g/mol. The van der Waals surface area contributed by atoms with E-state index in [0.717, 1.165) is 41.4 Å². The molecular formula is C15H19ClN2OS. The number of rotatable bonds is 7. The Kier molecular flexibility index (Phi) is 5.83. The molecule has 0 radical (unpaired) electrons. The van der Waals surface area contributed by atoms with E-state index in [4.69, 9.17) is 16.3 Å². The fraction of sp³-hybridized carbons (Fsp3) is 0.400. The van der Waals surface area contributed by atoms with Crippen molar-refractivity contribution in [1.29, 1.82) is 0 Å². The zero-order valence-corrected chi connectivity index (χ0v) is 13.4. The van der Waals surface area contributed by atoms with Gasteiger partial charge in [0.15, 0.2) is 0 Å². The molecule has 20 heavy (non-hydrogen) atoms. The minimum absolute atomic E-state index is 0.499. The molecular weight excluding hydrogens is 292 g/mol. The highest BCUT2D eigenvalue weighted by Gasteiger charge is 2.06. The van der Waals surface area contributed by atoms with Gasteiger partial charge in [-0.1, -0.05) is 18.5 Å². The molecule has 0 unspecified atom stereocenters. The van der Waals surface area contributed by atoms with E-state index in [-0.39, 0.29) is 0 Å². The molecule has 0 saturated carbocycles. The standard InChI is InChI=1S/C15H19ClN2OS/c1-3-4-15-18-13(10-20-15)9-19-14-6-5-12(16)7-11(14)8-17-2/h5-7,10,17H,3-4,8-9H2,1-2H3. The van der Waals surface area contributed by atoms with E-state index < -0.39 is 0 Å². The Hall–Kier alpha value is -1.10.